The van der Waals surface area contributed by atoms with Crippen LogP contribution in [0.3, 0.4) is 0 Å². The Kier molecular flexibility index (Phi) is 4.60. The van der Waals surface area contributed by atoms with E-state index < -0.39 is 10.0 Å². The molecule has 1 fully saturated rings. The monoisotopic (exact) mass is 312 g/mol. The Balaban J connectivity index is 2.19. The van der Waals surface area contributed by atoms with Gasteiger partial charge in [-0.1, -0.05) is 6.92 Å². The molecule has 0 unspecified atom stereocenters. The van der Waals surface area contributed by atoms with Gasteiger partial charge in [-0.05, 0) is 55.4 Å². The van der Waals surface area contributed by atoms with E-state index in [1.807, 2.05) is 6.92 Å². The van der Waals surface area contributed by atoms with Crippen molar-refractivity contribution >= 4 is 15.7 Å². The summed E-state index contributed by atoms with van der Waals surface area (Å²) in [4.78, 5) is 0.274. The van der Waals surface area contributed by atoms with E-state index in [4.69, 9.17) is 10.5 Å². The van der Waals surface area contributed by atoms with Gasteiger partial charge in [0.1, 0.15) is 0 Å². The Morgan fingerprint density at radius 3 is 2.52 bits per heavy atom. The third kappa shape index (κ3) is 3.75. The lowest BCUT2D eigenvalue weighted by Crippen LogP contribution is -2.39. The molecule has 0 radical (unpaired) electrons. The van der Waals surface area contributed by atoms with Crippen LogP contribution in [0.15, 0.2) is 17.0 Å². The zero-order valence-corrected chi connectivity index (χ0v) is 13.7. The smallest absolute Gasteiger partial charge is 0.240 e. The molecule has 0 aliphatic carbocycles. The lowest BCUT2D eigenvalue weighted by molar-refractivity contribution is 0.0264. The van der Waals surface area contributed by atoms with E-state index in [0.29, 0.717) is 25.4 Å². The van der Waals surface area contributed by atoms with Crippen LogP contribution < -0.4 is 10.5 Å². The van der Waals surface area contributed by atoms with Gasteiger partial charge in [-0.2, -0.15) is 0 Å². The lowest BCUT2D eigenvalue weighted by Gasteiger charge is -2.33. The van der Waals surface area contributed by atoms with E-state index in [0.717, 1.165) is 24.0 Å². The van der Waals surface area contributed by atoms with Gasteiger partial charge in [0.05, 0.1) is 4.90 Å². The first-order valence-corrected chi connectivity index (χ1v) is 8.66. The minimum atomic E-state index is -3.54. The second-order valence-electron chi connectivity index (χ2n) is 6.21. The van der Waals surface area contributed by atoms with Gasteiger partial charge in [0.25, 0.3) is 0 Å². The number of ether oxygens (including phenoxy) is 1. The molecule has 5 nitrogen and oxygen atoms in total. The minimum Gasteiger partial charge on any atom is -0.399 e. The first kappa shape index (κ1) is 16.3. The minimum absolute atomic E-state index is 0.0470. The maximum absolute atomic E-state index is 12.5. The van der Waals surface area contributed by atoms with E-state index in [2.05, 4.69) is 11.6 Å². The third-order valence-electron chi connectivity index (χ3n) is 4.32. The zero-order valence-electron chi connectivity index (χ0n) is 12.9. The predicted molar refractivity (Wildman–Crippen MR) is 83.7 cm³/mol. The average molecular weight is 312 g/mol. The van der Waals surface area contributed by atoms with Crippen LogP contribution >= 0.6 is 0 Å². The molecule has 1 heterocycles. The number of hydrogen-bond acceptors (Lipinski definition) is 4. The fraction of sp³-hybridized carbons (Fsp3) is 0.600. The standard InChI is InChI=1S/C15H24N2O3S/c1-11-8-13(16)9-14(12(11)2)21(18,19)17-10-15(3)4-6-20-7-5-15/h8-9,17H,4-7,10,16H2,1-3H3. The fourth-order valence-corrected chi connectivity index (χ4v) is 4.07. The van der Waals surface area contributed by atoms with E-state index in [9.17, 15) is 8.42 Å². The summed E-state index contributed by atoms with van der Waals surface area (Å²) >= 11 is 0. The summed E-state index contributed by atoms with van der Waals surface area (Å²) in [6, 6.07) is 3.31. The summed E-state index contributed by atoms with van der Waals surface area (Å²) in [5.41, 5.74) is 7.83. The highest BCUT2D eigenvalue weighted by molar-refractivity contribution is 7.89. The molecule has 0 aromatic heterocycles. The summed E-state index contributed by atoms with van der Waals surface area (Å²) in [6.07, 6.45) is 1.73. The first-order chi connectivity index (χ1) is 9.73. The lowest BCUT2D eigenvalue weighted by atomic mass is 9.83. The largest absolute Gasteiger partial charge is 0.399 e. The quantitative estimate of drug-likeness (QED) is 0.833. The molecule has 0 amide bonds. The van der Waals surface area contributed by atoms with Crippen molar-refractivity contribution in [3.8, 4) is 0 Å². The van der Waals surface area contributed by atoms with Gasteiger partial charge >= 0.3 is 0 Å². The van der Waals surface area contributed by atoms with Gasteiger partial charge in [-0.15, -0.1) is 0 Å². The van der Waals surface area contributed by atoms with Crippen molar-refractivity contribution in [2.45, 2.75) is 38.5 Å². The normalized spacial score (nSPS) is 18.6. The Morgan fingerprint density at radius 2 is 1.90 bits per heavy atom. The topological polar surface area (TPSA) is 81.4 Å². The molecule has 1 aromatic rings. The molecule has 3 N–H and O–H groups in total. The highest BCUT2D eigenvalue weighted by Crippen LogP contribution is 2.30. The van der Waals surface area contributed by atoms with E-state index in [1.165, 1.54) is 6.07 Å². The maximum Gasteiger partial charge on any atom is 0.240 e. The van der Waals surface area contributed by atoms with Gasteiger partial charge in [-0.25, -0.2) is 13.1 Å². The number of nitrogens with two attached hydrogens (primary N) is 1. The number of nitrogen functional groups attached to an aromatic ring is 1. The molecule has 1 aliphatic heterocycles. The summed E-state index contributed by atoms with van der Waals surface area (Å²) in [5, 5.41) is 0. The predicted octanol–water partition coefficient (Wildman–Crippen LogP) is 1.98. The second-order valence-corrected chi connectivity index (χ2v) is 7.94. The summed E-state index contributed by atoms with van der Waals surface area (Å²) in [6.45, 7) is 7.56. The molecular formula is C15H24N2O3S. The molecule has 118 valence electrons. The van der Waals surface area contributed by atoms with Crippen molar-refractivity contribution < 1.29 is 13.2 Å². The molecule has 0 saturated carbocycles. The molecule has 0 atom stereocenters. The van der Waals surface area contributed by atoms with Crippen molar-refractivity contribution in [1.29, 1.82) is 0 Å². The van der Waals surface area contributed by atoms with Crippen LogP contribution in [0.2, 0.25) is 0 Å². The van der Waals surface area contributed by atoms with Crippen LogP contribution in [0.1, 0.15) is 30.9 Å². The van der Waals surface area contributed by atoms with Crippen molar-refractivity contribution in [3.63, 3.8) is 0 Å². The van der Waals surface area contributed by atoms with Crippen LogP contribution in [0.5, 0.6) is 0 Å². The Morgan fingerprint density at radius 1 is 1.29 bits per heavy atom. The number of benzene rings is 1. The first-order valence-electron chi connectivity index (χ1n) is 7.18. The van der Waals surface area contributed by atoms with Crippen LogP contribution in [-0.2, 0) is 14.8 Å². The van der Waals surface area contributed by atoms with Crippen LogP contribution in [0.25, 0.3) is 0 Å². The maximum atomic E-state index is 12.5. The molecule has 1 saturated heterocycles. The van der Waals surface area contributed by atoms with Gasteiger partial charge in [0.15, 0.2) is 0 Å². The van der Waals surface area contributed by atoms with Crippen molar-refractivity contribution in [2.75, 3.05) is 25.5 Å². The van der Waals surface area contributed by atoms with Crippen molar-refractivity contribution in [1.82, 2.24) is 4.72 Å². The number of anilines is 1. The number of nitrogens with one attached hydrogen (secondary N) is 1. The van der Waals surface area contributed by atoms with Gasteiger partial charge in [-0.3, -0.25) is 0 Å². The molecule has 0 spiro atoms. The number of hydrogen-bond donors (Lipinski definition) is 2. The Hall–Kier alpha value is -1.11. The van der Waals surface area contributed by atoms with Gasteiger partial charge in [0.2, 0.25) is 10.0 Å². The van der Waals surface area contributed by atoms with Crippen molar-refractivity contribution in [2.24, 2.45) is 5.41 Å². The Labute approximate surface area is 126 Å². The zero-order chi connectivity index (χ0) is 15.7. The summed E-state index contributed by atoms with van der Waals surface area (Å²) in [7, 11) is -3.54. The highest BCUT2D eigenvalue weighted by atomic mass is 32.2. The third-order valence-corrected chi connectivity index (χ3v) is 5.85. The SMILES string of the molecule is Cc1cc(N)cc(S(=O)(=O)NCC2(C)CCOCC2)c1C. The van der Waals surface area contributed by atoms with E-state index >= 15 is 0 Å². The molecule has 0 bridgehead atoms. The highest BCUT2D eigenvalue weighted by Gasteiger charge is 2.29. The molecule has 21 heavy (non-hydrogen) atoms. The van der Waals surface area contributed by atoms with E-state index in [-0.39, 0.29) is 10.3 Å². The molecule has 6 heteroatoms. The van der Waals surface area contributed by atoms with Gasteiger partial charge < -0.3 is 10.5 Å². The summed E-state index contributed by atoms with van der Waals surface area (Å²) in [5.74, 6) is 0. The molecule has 1 aromatic carbocycles. The van der Waals surface area contributed by atoms with Gasteiger partial charge in [0, 0.05) is 25.4 Å². The second kappa shape index (κ2) is 5.94. The molecule has 1 aliphatic rings. The summed E-state index contributed by atoms with van der Waals surface area (Å²) < 4.78 is 33.2. The number of aryl methyl sites for hydroxylation is 1. The molecule has 2 rings (SSSR count). The van der Waals surface area contributed by atoms with Crippen LogP contribution in [-0.4, -0.2) is 28.2 Å². The van der Waals surface area contributed by atoms with Crippen LogP contribution in [0.4, 0.5) is 5.69 Å². The van der Waals surface area contributed by atoms with Crippen LogP contribution in [0, 0.1) is 19.3 Å². The van der Waals surface area contributed by atoms with Crippen molar-refractivity contribution in [3.05, 3.63) is 23.3 Å². The number of sulfonamides is 1. The molecular weight excluding hydrogens is 288 g/mol. The Bertz CT molecular complexity index is 620. The number of rotatable bonds is 4. The average Bonchev–Trinajstić information content (AvgIpc) is 2.42. The van der Waals surface area contributed by atoms with E-state index in [1.54, 1.807) is 13.0 Å². The fourth-order valence-electron chi connectivity index (χ4n) is 2.52.